The van der Waals surface area contributed by atoms with Crippen LogP contribution in [0.3, 0.4) is 0 Å². The summed E-state index contributed by atoms with van der Waals surface area (Å²) in [5, 5.41) is 2.19. The van der Waals surface area contributed by atoms with Crippen LogP contribution in [-0.2, 0) is 6.42 Å². The van der Waals surface area contributed by atoms with Gasteiger partial charge in [0.05, 0.1) is 20.3 Å². The highest BCUT2D eigenvalue weighted by Gasteiger charge is 2.32. The van der Waals surface area contributed by atoms with Gasteiger partial charge >= 0.3 is 0 Å². The fourth-order valence-electron chi connectivity index (χ4n) is 4.09. The van der Waals surface area contributed by atoms with Gasteiger partial charge in [-0.05, 0) is 53.1 Å². The number of thiophene rings is 1. The van der Waals surface area contributed by atoms with E-state index in [4.69, 9.17) is 15.2 Å². The Morgan fingerprint density at radius 2 is 1.83 bits per heavy atom. The number of hydrogen-bond donors (Lipinski definition) is 1. The Kier molecular flexibility index (Phi) is 5.41. The summed E-state index contributed by atoms with van der Waals surface area (Å²) in [5.74, 6) is 1.93. The summed E-state index contributed by atoms with van der Waals surface area (Å²) in [6.45, 7) is 5.37. The molecule has 1 aliphatic rings. The normalized spacial score (nSPS) is 16.0. The van der Waals surface area contributed by atoms with Crippen molar-refractivity contribution in [2.24, 2.45) is 0 Å². The number of nitrogens with zero attached hydrogens (tertiary/aromatic N) is 1. The fraction of sp³-hybridized carbons (Fsp3) is 0.333. The van der Waals surface area contributed by atoms with Crippen molar-refractivity contribution in [3.05, 3.63) is 69.4 Å². The minimum Gasteiger partial charge on any atom is -0.493 e. The first-order valence-electron chi connectivity index (χ1n) is 9.97. The van der Waals surface area contributed by atoms with Crippen LogP contribution in [0, 0.1) is 0 Å². The second-order valence-electron chi connectivity index (χ2n) is 7.74. The summed E-state index contributed by atoms with van der Waals surface area (Å²) in [5.41, 5.74) is 12.4. The van der Waals surface area contributed by atoms with E-state index in [-0.39, 0.29) is 6.04 Å². The Morgan fingerprint density at radius 1 is 1.03 bits per heavy atom. The molecular weight excluding hydrogens is 380 g/mol. The van der Waals surface area contributed by atoms with Crippen molar-refractivity contribution in [3.63, 3.8) is 0 Å². The van der Waals surface area contributed by atoms with Crippen LogP contribution in [0.4, 0.5) is 11.4 Å². The van der Waals surface area contributed by atoms with E-state index < -0.39 is 0 Å². The van der Waals surface area contributed by atoms with Crippen LogP contribution in [0.2, 0.25) is 0 Å². The Morgan fingerprint density at radius 3 is 2.55 bits per heavy atom. The quantitative estimate of drug-likeness (QED) is 0.556. The predicted molar refractivity (Wildman–Crippen MR) is 122 cm³/mol. The molecule has 2 heterocycles. The Hall–Kier alpha value is -2.66. The van der Waals surface area contributed by atoms with Crippen LogP contribution in [0.1, 0.15) is 47.4 Å². The molecule has 0 amide bonds. The van der Waals surface area contributed by atoms with Gasteiger partial charge in [0.1, 0.15) is 0 Å². The third kappa shape index (κ3) is 3.55. The van der Waals surface area contributed by atoms with E-state index in [2.05, 4.69) is 60.5 Å². The molecule has 0 saturated heterocycles. The van der Waals surface area contributed by atoms with Crippen molar-refractivity contribution in [3.8, 4) is 11.5 Å². The van der Waals surface area contributed by atoms with Crippen molar-refractivity contribution in [2.75, 3.05) is 31.4 Å². The SMILES string of the molecule is COc1ccc(N2CCc3ccsc3C2c2cc(C(C)C)ccc2N)cc1OC. The first-order valence-corrected chi connectivity index (χ1v) is 10.9. The summed E-state index contributed by atoms with van der Waals surface area (Å²) in [7, 11) is 3.34. The zero-order valence-corrected chi connectivity index (χ0v) is 18.3. The van der Waals surface area contributed by atoms with Crippen LogP contribution < -0.4 is 20.1 Å². The molecule has 0 radical (unpaired) electrons. The van der Waals surface area contributed by atoms with Gasteiger partial charge in [0, 0.05) is 34.4 Å². The minimum absolute atomic E-state index is 0.0931. The number of fused-ring (bicyclic) bond motifs is 1. The molecule has 1 aliphatic heterocycles. The van der Waals surface area contributed by atoms with Crippen molar-refractivity contribution >= 4 is 22.7 Å². The number of ether oxygens (including phenoxy) is 2. The van der Waals surface area contributed by atoms with Crippen LogP contribution in [0.15, 0.2) is 47.8 Å². The van der Waals surface area contributed by atoms with Crippen molar-refractivity contribution < 1.29 is 9.47 Å². The van der Waals surface area contributed by atoms with Crippen LogP contribution >= 0.6 is 11.3 Å². The Balaban J connectivity index is 1.86. The first kappa shape index (κ1) is 19.6. The third-order valence-corrected chi connectivity index (χ3v) is 6.75. The van der Waals surface area contributed by atoms with E-state index in [1.807, 2.05) is 17.4 Å². The van der Waals surface area contributed by atoms with Gasteiger partial charge in [-0.25, -0.2) is 0 Å². The zero-order chi connectivity index (χ0) is 20.5. The summed E-state index contributed by atoms with van der Waals surface area (Å²) in [6, 6.07) is 15.0. The smallest absolute Gasteiger partial charge is 0.162 e. The zero-order valence-electron chi connectivity index (χ0n) is 17.4. The molecule has 1 atom stereocenters. The molecule has 4 rings (SSSR count). The monoisotopic (exact) mass is 408 g/mol. The van der Waals surface area contributed by atoms with Gasteiger partial charge in [-0.1, -0.05) is 26.0 Å². The molecule has 152 valence electrons. The summed E-state index contributed by atoms with van der Waals surface area (Å²) in [4.78, 5) is 3.81. The molecule has 29 heavy (non-hydrogen) atoms. The molecule has 0 bridgehead atoms. The van der Waals surface area contributed by atoms with Crippen molar-refractivity contribution in [2.45, 2.75) is 32.2 Å². The van der Waals surface area contributed by atoms with E-state index in [1.165, 1.54) is 21.6 Å². The molecule has 2 aromatic carbocycles. The lowest BCUT2D eigenvalue weighted by Gasteiger charge is -2.38. The van der Waals surface area contributed by atoms with Gasteiger partial charge in [-0.15, -0.1) is 11.3 Å². The Labute approximate surface area is 176 Å². The second kappa shape index (κ2) is 7.99. The lowest BCUT2D eigenvalue weighted by atomic mass is 9.90. The molecule has 0 fully saturated rings. The number of hydrogen-bond acceptors (Lipinski definition) is 5. The van der Waals surface area contributed by atoms with Gasteiger partial charge < -0.3 is 20.1 Å². The van der Waals surface area contributed by atoms with E-state index in [0.717, 1.165) is 35.8 Å². The lowest BCUT2D eigenvalue weighted by Crippen LogP contribution is -2.35. The van der Waals surface area contributed by atoms with Crippen LogP contribution in [0.25, 0.3) is 0 Å². The maximum absolute atomic E-state index is 6.52. The van der Waals surface area contributed by atoms with E-state index in [9.17, 15) is 0 Å². The number of nitrogen functional groups attached to an aromatic ring is 1. The topological polar surface area (TPSA) is 47.7 Å². The van der Waals surface area contributed by atoms with Crippen LogP contribution in [0.5, 0.6) is 11.5 Å². The summed E-state index contributed by atoms with van der Waals surface area (Å²) >= 11 is 1.81. The molecule has 0 aliphatic carbocycles. The molecule has 0 saturated carbocycles. The highest BCUT2D eigenvalue weighted by atomic mass is 32.1. The van der Waals surface area contributed by atoms with Gasteiger partial charge in [0.25, 0.3) is 0 Å². The van der Waals surface area contributed by atoms with Gasteiger partial charge in [0.2, 0.25) is 0 Å². The third-order valence-electron chi connectivity index (χ3n) is 5.73. The van der Waals surface area contributed by atoms with E-state index in [0.29, 0.717) is 5.92 Å². The van der Waals surface area contributed by atoms with Crippen molar-refractivity contribution in [1.82, 2.24) is 0 Å². The standard InChI is InChI=1S/C24H28N2O2S/c1-15(2)17-5-7-20(25)19(13-17)23-24-16(10-12-29-24)9-11-26(23)18-6-8-21(27-3)22(14-18)28-4/h5-8,10,12-15,23H,9,11,25H2,1-4H3. The molecule has 3 aromatic rings. The average molecular weight is 409 g/mol. The van der Waals surface area contributed by atoms with Gasteiger partial charge in [-0.2, -0.15) is 0 Å². The largest absolute Gasteiger partial charge is 0.493 e. The van der Waals surface area contributed by atoms with E-state index >= 15 is 0 Å². The lowest BCUT2D eigenvalue weighted by molar-refractivity contribution is 0.355. The molecule has 5 heteroatoms. The predicted octanol–water partition coefficient (Wildman–Crippen LogP) is 5.62. The van der Waals surface area contributed by atoms with Gasteiger partial charge in [-0.3, -0.25) is 0 Å². The molecule has 1 unspecified atom stereocenters. The molecule has 2 N–H and O–H groups in total. The average Bonchev–Trinajstić information content (AvgIpc) is 3.21. The number of nitrogens with two attached hydrogens (primary N) is 1. The number of benzene rings is 2. The number of rotatable bonds is 5. The molecular formula is C24H28N2O2S. The van der Waals surface area contributed by atoms with Crippen molar-refractivity contribution in [1.29, 1.82) is 0 Å². The number of anilines is 2. The van der Waals surface area contributed by atoms with Gasteiger partial charge in [0.15, 0.2) is 11.5 Å². The Bertz CT molecular complexity index is 1010. The fourth-order valence-corrected chi connectivity index (χ4v) is 5.17. The molecule has 1 aromatic heterocycles. The summed E-state index contributed by atoms with van der Waals surface area (Å²) in [6.07, 6.45) is 1.02. The van der Waals surface area contributed by atoms with Crippen LogP contribution in [-0.4, -0.2) is 20.8 Å². The maximum atomic E-state index is 6.52. The highest BCUT2D eigenvalue weighted by Crippen LogP contribution is 2.44. The highest BCUT2D eigenvalue weighted by molar-refractivity contribution is 7.10. The van der Waals surface area contributed by atoms with E-state index in [1.54, 1.807) is 14.2 Å². The molecule has 4 nitrogen and oxygen atoms in total. The maximum Gasteiger partial charge on any atom is 0.162 e. The summed E-state index contributed by atoms with van der Waals surface area (Å²) < 4.78 is 11.0. The first-order chi connectivity index (χ1) is 14.0. The number of methoxy groups -OCH3 is 2. The minimum atomic E-state index is 0.0931. The second-order valence-corrected chi connectivity index (χ2v) is 8.69. The molecule has 0 spiro atoms.